The van der Waals surface area contributed by atoms with Crippen molar-refractivity contribution in [2.24, 2.45) is 0 Å². The number of amides is 1. The van der Waals surface area contributed by atoms with Crippen molar-refractivity contribution in [1.82, 2.24) is 20.1 Å². The second kappa shape index (κ2) is 9.92. The van der Waals surface area contributed by atoms with E-state index >= 15 is 0 Å². The number of nitrogens with one attached hydrogen (secondary N) is 1. The predicted octanol–water partition coefficient (Wildman–Crippen LogP) is 4.47. The molecule has 32 heavy (non-hydrogen) atoms. The van der Waals surface area contributed by atoms with Gasteiger partial charge in [-0.15, -0.1) is 10.2 Å². The van der Waals surface area contributed by atoms with Crippen LogP contribution in [-0.2, 0) is 11.0 Å². The van der Waals surface area contributed by atoms with Crippen LogP contribution in [0.25, 0.3) is 5.69 Å². The number of aromatic nitrogens is 3. The molecule has 3 rings (SSSR count). The van der Waals surface area contributed by atoms with Crippen LogP contribution in [0.15, 0.2) is 47.6 Å². The van der Waals surface area contributed by atoms with Crippen LogP contribution in [0.1, 0.15) is 28.1 Å². The number of benzene rings is 2. The van der Waals surface area contributed by atoms with E-state index in [2.05, 4.69) is 27.4 Å². The molecule has 1 amide bonds. The van der Waals surface area contributed by atoms with Gasteiger partial charge in [0.05, 0.1) is 23.5 Å². The summed E-state index contributed by atoms with van der Waals surface area (Å²) in [5.41, 5.74) is 2.61. The van der Waals surface area contributed by atoms with E-state index < -0.39 is 11.7 Å². The van der Waals surface area contributed by atoms with Crippen molar-refractivity contribution >= 4 is 17.7 Å². The van der Waals surface area contributed by atoms with Crippen LogP contribution in [0.5, 0.6) is 0 Å². The minimum absolute atomic E-state index is 0.0261. The second-order valence-corrected chi connectivity index (χ2v) is 8.04. The van der Waals surface area contributed by atoms with E-state index in [0.717, 1.165) is 28.9 Å². The lowest BCUT2D eigenvalue weighted by atomic mass is 10.1. The first-order chi connectivity index (χ1) is 15.1. The van der Waals surface area contributed by atoms with E-state index in [0.29, 0.717) is 11.0 Å². The van der Waals surface area contributed by atoms with Crippen molar-refractivity contribution in [3.8, 4) is 17.5 Å². The Hall–Kier alpha value is -3.25. The molecule has 0 aliphatic carbocycles. The van der Waals surface area contributed by atoms with E-state index in [1.807, 2.05) is 43.5 Å². The lowest BCUT2D eigenvalue weighted by Crippen LogP contribution is -2.25. The summed E-state index contributed by atoms with van der Waals surface area (Å²) in [4.78, 5) is 12.2. The molecular formula is C23H21F3N4OS. The summed E-state index contributed by atoms with van der Waals surface area (Å²) < 4.78 is 40.2. The Bertz CT molecular complexity index is 1190. The van der Waals surface area contributed by atoms with Gasteiger partial charge in [0.1, 0.15) is 5.82 Å². The van der Waals surface area contributed by atoms with Gasteiger partial charge >= 0.3 is 6.18 Å². The lowest BCUT2D eigenvalue weighted by molar-refractivity contribution is -0.137. The number of aryl methyl sites for hydroxylation is 3. The van der Waals surface area contributed by atoms with Gasteiger partial charge in [-0.1, -0.05) is 41.8 Å². The summed E-state index contributed by atoms with van der Waals surface area (Å²) in [6.45, 7) is 5.88. The maximum absolute atomic E-state index is 12.7. The molecule has 1 heterocycles. The summed E-state index contributed by atoms with van der Waals surface area (Å²) in [6, 6.07) is 10.8. The minimum atomic E-state index is -4.42. The van der Waals surface area contributed by atoms with Crippen molar-refractivity contribution in [2.45, 2.75) is 32.1 Å². The van der Waals surface area contributed by atoms with Crippen LogP contribution in [0.4, 0.5) is 13.2 Å². The van der Waals surface area contributed by atoms with Crippen LogP contribution < -0.4 is 5.32 Å². The zero-order chi connectivity index (χ0) is 23.3. The molecule has 0 radical (unpaired) electrons. The zero-order valence-electron chi connectivity index (χ0n) is 17.7. The van der Waals surface area contributed by atoms with Crippen LogP contribution in [0, 0.1) is 32.6 Å². The topological polar surface area (TPSA) is 59.8 Å². The third kappa shape index (κ3) is 5.92. The molecule has 1 N–H and O–H groups in total. The molecule has 166 valence electrons. The smallest absolute Gasteiger partial charge is 0.344 e. The van der Waals surface area contributed by atoms with Gasteiger partial charge in [-0.2, -0.15) is 13.2 Å². The van der Waals surface area contributed by atoms with Gasteiger partial charge in [-0.05, 0) is 56.2 Å². The second-order valence-electron chi connectivity index (χ2n) is 7.10. The number of halogens is 3. The van der Waals surface area contributed by atoms with E-state index in [-0.39, 0.29) is 23.8 Å². The van der Waals surface area contributed by atoms with Crippen molar-refractivity contribution in [3.63, 3.8) is 0 Å². The molecule has 3 aromatic rings. The van der Waals surface area contributed by atoms with Crippen molar-refractivity contribution < 1.29 is 18.0 Å². The number of hydrogen-bond acceptors (Lipinski definition) is 4. The monoisotopic (exact) mass is 458 g/mol. The molecule has 0 fully saturated rings. The van der Waals surface area contributed by atoms with Crippen LogP contribution >= 0.6 is 11.8 Å². The van der Waals surface area contributed by atoms with Crippen molar-refractivity contribution in [1.29, 1.82) is 0 Å². The summed E-state index contributed by atoms with van der Waals surface area (Å²) in [5.74, 6) is 5.87. The standard InChI is InChI=1S/C23H21F3N4OS/c1-15-9-10-16(2)20(12-15)30-17(3)28-29-22(30)32-14-21(31)27-11-5-7-18-6-4-8-19(13-18)23(24,25)26/h4,6,8-10,12-13H,11,14H2,1-3H3,(H,27,31). The molecule has 0 aliphatic heterocycles. The molecular weight excluding hydrogens is 437 g/mol. The Morgan fingerprint density at radius 1 is 1.12 bits per heavy atom. The van der Waals surface area contributed by atoms with Crippen molar-refractivity contribution in [2.75, 3.05) is 12.3 Å². The zero-order valence-corrected chi connectivity index (χ0v) is 18.6. The molecule has 2 aromatic carbocycles. The first-order valence-corrected chi connectivity index (χ1v) is 10.7. The molecule has 9 heteroatoms. The summed E-state index contributed by atoms with van der Waals surface area (Å²) in [6.07, 6.45) is -4.42. The number of thioether (sulfide) groups is 1. The van der Waals surface area contributed by atoms with Gasteiger partial charge in [0.15, 0.2) is 5.16 Å². The maximum Gasteiger partial charge on any atom is 0.416 e. The normalized spacial score (nSPS) is 11.1. The highest BCUT2D eigenvalue weighted by Gasteiger charge is 2.30. The fraction of sp³-hybridized carbons (Fsp3) is 0.261. The Labute approximate surface area is 188 Å². The number of rotatable bonds is 5. The molecule has 0 spiro atoms. The van der Waals surface area contributed by atoms with Gasteiger partial charge in [0.2, 0.25) is 5.91 Å². The summed E-state index contributed by atoms with van der Waals surface area (Å²) in [5, 5.41) is 11.5. The summed E-state index contributed by atoms with van der Waals surface area (Å²) in [7, 11) is 0. The van der Waals surface area contributed by atoms with E-state index in [1.165, 1.54) is 23.9 Å². The van der Waals surface area contributed by atoms with Gasteiger partial charge in [-0.3, -0.25) is 9.36 Å². The highest BCUT2D eigenvalue weighted by atomic mass is 32.2. The van der Waals surface area contributed by atoms with Crippen LogP contribution in [-0.4, -0.2) is 33.0 Å². The van der Waals surface area contributed by atoms with Gasteiger partial charge < -0.3 is 5.32 Å². The Balaban J connectivity index is 1.58. The first-order valence-electron chi connectivity index (χ1n) is 9.70. The number of alkyl halides is 3. The predicted molar refractivity (Wildman–Crippen MR) is 118 cm³/mol. The van der Waals surface area contributed by atoms with Crippen LogP contribution in [0.3, 0.4) is 0 Å². The fourth-order valence-corrected chi connectivity index (χ4v) is 3.74. The molecule has 0 atom stereocenters. The Kier molecular flexibility index (Phi) is 7.26. The summed E-state index contributed by atoms with van der Waals surface area (Å²) >= 11 is 1.25. The highest BCUT2D eigenvalue weighted by molar-refractivity contribution is 7.99. The SMILES string of the molecule is Cc1ccc(C)c(-n2c(C)nnc2SCC(=O)NCC#Cc2cccc(C(F)(F)F)c2)c1. The van der Waals surface area contributed by atoms with Crippen molar-refractivity contribution in [3.05, 3.63) is 70.5 Å². The van der Waals surface area contributed by atoms with Gasteiger partial charge in [0.25, 0.3) is 0 Å². The number of carbonyl (C=O) groups is 1. The molecule has 0 unspecified atom stereocenters. The van der Waals surface area contributed by atoms with E-state index in [1.54, 1.807) is 0 Å². The Morgan fingerprint density at radius 2 is 1.91 bits per heavy atom. The average Bonchev–Trinajstić information content (AvgIpc) is 3.11. The molecule has 0 saturated carbocycles. The first kappa shape index (κ1) is 23.4. The van der Waals surface area contributed by atoms with Crippen LogP contribution in [0.2, 0.25) is 0 Å². The minimum Gasteiger partial charge on any atom is -0.344 e. The average molecular weight is 459 g/mol. The third-order valence-electron chi connectivity index (χ3n) is 4.53. The molecule has 5 nitrogen and oxygen atoms in total. The maximum atomic E-state index is 12.7. The highest BCUT2D eigenvalue weighted by Crippen LogP contribution is 2.29. The van der Waals surface area contributed by atoms with Gasteiger partial charge in [0, 0.05) is 5.56 Å². The van der Waals surface area contributed by atoms with Gasteiger partial charge in [-0.25, -0.2) is 0 Å². The lowest BCUT2D eigenvalue weighted by Gasteiger charge is -2.12. The fourth-order valence-electron chi connectivity index (χ4n) is 2.92. The number of carbonyl (C=O) groups excluding carboxylic acids is 1. The molecule has 0 saturated heterocycles. The molecule has 0 aliphatic rings. The largest absolute Gasteiger partial charge is 0.416 e. The quantitative estimate of drug-likeness (QED) is 0.453. The third-order valence-corrected chi connectivity index (χ3v) is 5.46. The number of hydrogen-bond donors (Lipinski definition) is 1. The Morgan fingerprint density at radius 3 is 2.66 bits per heavy atom. The molecule has 0 bridgehead atoms. The van der Waals surface area contributed by atoms with E-state index in [9.17, 15) is 18.0 Å². The van der Waals surface area contributed by atoms with E-state index in [4.69, 9.17) is 0 Å². The molecule has 1 aromatic heterocycles. The number of nitrogens with zero attached hydrogens (tertiary/aromatic N) is 3.